The van der Waals surface area contributed by atoms with E-state index in [2.05, 4.69) is 9.62 Å². The minimum absolute atomic E-state index is 0.306. The Kier molecular flexibility index (Phi) is 3.07. The molecule has 0 atom stereocenters. The maximum absolute atomic E-state index is 11.5. The van der Waals surface area contributed by atoms with Crippen molar-refractivity contribution in [2.24, 2.45) is 0 Å². The van der Waals surface area contributed by atoms with Crippen LogP contribution in [0.3, 0.4) is 0 Å². The average molecular weight is 264 g/mol. The average Bonchev–Trinajstić information content (AvgIpc) is 2.66. The number of amides is 2. The Labute approximate surface area is 109 Å². The number of carbonyl (C=O) groups excluding carboxylic acids is 2. The van der Waals surface area contributed by atoms with Gasteiger partial charge in [0.15, 0.2) is 0 Å². The second-order valence-electron chi connectivity index (χ2n) is 4.12. The fourth-order valence-electron chi connectivity index (χ4n) is 1.99. The molecule has 0 saturated carbocycles. The van der Waals surface area contributed by atoms with Gasteiger partial charge in [-0.2, -0.15) is 0 Å². The van der Waals surface area contributed by atoms with Gasteiger partial charge in [0.25, 0.3) is 11.8 Å². The van der Waals surface area contributed by atoms with Crippen molar-refractivity contribution in [2.75, 3.05) is 26.3 Å². The zero-order valence-electron chi connectivity index (χ0n) is 9.64. The standard InChI is InChI=1S/C12H12N2O3S/c15-11-9-2-1-8(7-10(9)12(16)13-11)18-14-3-5-17-6-4-14/h1-2,7H,3-6H2,(H,13,15,16). The predicted molar refractivity (Wildman–Crippen MR) is 66.5 cm³/mol. The number of nitrogens with zero attached hydrogens (tertiary/aromatic N) is 1. The number of imide groups is 1. The summed E-state index contributed by atoms with van der Waals surface area (Å²) in [7, 11) is 0. The number of hydrogen-bond donors (Lipinski definition) is 1. The van der Waals surface area contributed by atoms with Crippen molar-refractivity contribution < 1.29 is 14.3 Å². The molecule has 0 aromatic heterocycles. The van der Waals surface area contributed by atoms with Gasteiger partial charge in [-0.1, -0.05) is 0 Å². The Bertz CT molecular complexity index is 512. The Hall–Kier alpha value is -1.37. The van der Waals surface area contributed by atoms with Gasteiger partial charge >= 0.3 is 0 Å². The van der Waals surface area contributed by atoms with E-state index in [1.54, 1.807) is 24.1 Å². The maximum Gasteiger partial charge on any atom is 0.258 e. The van der Waals surface area contributed by atoms with Crippen LogP contribution < -0.4 is 5.32 Å². The number of fused-ring (bicyclic) bond motifs is 1. The minimum Gasteiger partial charge on any atom is -0.379 e. The summed E-state index contributed by atoms with van der Waals surface area (Å²) in [6, 6.07) is 5.35. The lowest BCUT2D eigenvalue weighted by atomic mass is 10.1. The van der Waals surface area contributed by atoms with Gasteiger partial charge in [0.1, 0.15) is 0 Å². The van der Waals surface area contributed by atoms with Gasteiger partial charge in [-0.25, -0.2) is 4.31 Å². The van der Waals surface area contributed by atoms with Crippen LogP contribution in [-0.4, -0.2) is 42.4 Å². The molecule has 2 heterocycles. The van der Waals surface area contributed by atoms with Crippen molar-refractivity contribution in [2.45, 2.75) is 4.90 Å². The van der Waals surface area contributed by atoms with Crippen LogP contribution in [0.5, 0.6) is 0 Å². The van der Waals surface area contributed by atoms with Crippen molar-refractivity contribution in [1.29, 1.82) is 0 Å². The van der Waals surface area contributed by atoms with E-state index in [4.69, 9.17) is 4.74 Å². The molecule has 0 spiro atoms. The third-order valence-electron chi connectivity index (χ3n) is 2.91. The van der Waals surface area contributed by atoms with Gasteiger partial charge in [-0.05, 0) is 30.1 Å². The molecule has 2 aliphatic heterocycles. The SMILES string of the molecule is O=C1NC(=O)c2cc(SN3CCOCC3)ccc21. The molecule has 1 aromatic carbocycles. The molecule has 1 N–H and O–H groups in total. The molecule has 1 aromatic rings. The molecule has 2 amide bonds. The topological polar surface area (TPSA) is 58.6 Å². The number of morpholine rings is 1. The van der Waals surface area contributed by atoms with Gasteiger partial charge in [0.05, 0.1) is 24.3 Å². The van der Waals surface area contributed by atoms with Crippen molar-refractivity contribution in [3.8, 4) is 0 Å². The molecule has 0 bridgehead atoms. The molecular weight excluding hydrogens is 252 g/mol. The molecule has 5 nitrogen and oxygen atoms in total. The highest BCUT2D eigenvalue weighted by Gasteiger charge is 2.27. The summed E-state index contributed by atoms with van der Waals surface area (Å²) in [5.74, 6) is -0.614. The van der Waals surface area contributed by atoms with Crippen LogP contribution in [0, 0.1) is 0 Å². The van der Waals surface area contributed by atoms with Crippen LogP contribution in [0.25, 0.3) is 0 Å². The van der Waals surface area contributed by atoms with E-state index >= 15 is 0 Å². The van der Waals surface area contributed by atoms with Crippen LogP contribution >= 0.6 is 11.9 Å². The highest BCUT2D eigenvalue weighted by molar-refractivity contribution is 7.97. The van der Waals surface area contributed by atoms with Gasteiger partial charge in [-0.3, -0.25) is 14.9 Å². The quantitative estimate of drug-likeness (QED) is 0.635. The lowest BCUT2D eigenvalue weighted by molar-refractivity contribution is 0.0773. The summed E-state index contributed by atoms with van der Waals surface area (Å²) in [4.78, 5) is 23.9. The smallest absolute Gasteiger partial charge is 0.258 e. The van der Waals surface area contributed by atoms with Crippen LogP contribution in [-0.2, 0) is 4.74 Å². The Balaban J connectivity index is 1.80. The summed E-state index contributed by atoms with van der Waals surface area (Å²) in [6.45, 7) is 3.20. The van der Waals surface area contributed by atoms with E-state index in [1.165, 1.54) is 0 Å². The second kappa shape index (κ2) is 4.72. The summed E-state index contributed by atoms with van der Waals surface area (Å²) < 4.78 is 7.47. The monoisotopic (exact) mass is 264 g/mol. The molecule has 94 valence electrons. The van der Waals surface area contributed by atoms with E-state index in [0.29, 0.717) is 11.1 Å². The third-order valence-corrected chi connectivity index (χ3v) is 4.00. The van der Waals surface area contributed by atoms with Crippen molar-refractivity contribution in [3.05, 3.63) is 29.3 Å². The van der Waals surface area contributed by atoms with E-state index in [-0.39, 0.29) is 11.8 Å². The lowest BCUT2D eigenvalue weighted by Gasteiger charge is -2.25. The molecule has 0 aliphatic carbocycles. The normalized spacial score (nSPS) is 19.8. The van der Waals surface area contributed by atoms with Crippen molar-refractivity contribution >= 4 is 23.8 Å². The Morgan fingerprint density at radius 2 is 1.83 bits per heavy atom. The number of nitrogens with one attached hydrogen (secondary N) is 1. The number of benzene rings is 1. The van der Waals surface area contributed by atoms with Crippen molar-refractivity contribution in [3.63, 3.8) is 0 Å². The van der Waals surface area contributed by atoms with Gasteiger partial charge < -0.3 is 4.74 Å². The molecule has 3 rings (SSSR count). The van der Waals surface area contributed by atoms with Gasteiger partial charge in [0.2, 0.25) is 0 Å². The van der Waals surface area contributed by atoms with Crippen LogP contribution in [0.4, 0.5) is 0 Å². The molecule has 6 heteroatoms. The van der Waals surface area contributed by atoms with Crippen LogP contribution in [0.15, 0.2) is 23.1 Å². The van der Waals surface area contributed by atoms with E-state index < -0.39 is 0 Å². The molecule has 2 aliphatic rings. The second-order valence-corrected chi connectivity index (χ2v) is 5.29. The number of rotatable bonds is 2. The summed E-state index contributed by atoms with van der Waals surface area (Å²) in [6.07, 6.45) is 0. The van der Waals surface area contributed by atoms with E-state index in [9.17, 15) is 9.59 Å². The number of carbonyl (C=O) groups is 2. The third kappa shape index (κ3) is 2.14. The predicted octanol–water partition coefficient (Wildman–Crippen LogP) is 0.910. The summed E-state index contributed by atoms with van der Waals surface area (Å²) >= 11 is 1.60. The van der Waals surface area contributed by atoms with Gasteiger partial charge in [0, 0.05) is 18.0 Å². The number of ether oxygens (including phenoxy) is 1. The first-order chi connectivity index (χ1) is 8.74. The van der Waals surface area contributed by atoms with E-state index in [0.717, 1.165) is 31.2 Å². The van der Waals surface area contributed by atoms with Crippen molar-refractivity contribution in [1.82, 2.24) is 9.62 Å². The molecule has 1 fully saturated rings. The first-order valence-electron chi connectivity index (χ1n) is 5.74. The largest absolute Gasteiger partial charge is 0.379 e. The molecule has 1 saturated heterocycles. The fourth-order valence-corrected chi connectivity index (χ4v) is 2.92. The van der Waals surface area contributed by atoms with Crippen LogP contribution in [0.2, 0.25) is 0 Å². The molecule has 18 heavy (non-hydrogen) atoms. The summed E-state index contributed by atoms with van der Waals surface area (Å²) in [5, 5.41) is 2.29. The molecular formula is C12H12N2O3S. The highest BCUT2D eigenvalue weighted by atomic mass is 32.2. The minimum atomic E-state index is -0.307. The highest BCUT2D eigenvalue weighted by Crippen LogP contribution is 2.27. The first kappa shape index (κ1) is 11.7. The molecule has 0 radical (unpaired) electrons. The van der Waals surface area contributed by atoms with Crippen LogP contribution in [0.1, 0.15) is 20.7 Å². The Morgan fingerprint density at radius 3 is 2.61 bits per heavy atom. The molecule has 0 unspecified atom stereocenters. The Morgan fingerprint density at radius 1 is 1.11 bits per heavy atom. The summed E-state index contributed by atoms with van der Waals surface area (Å²) in [5.41, 5.74) is 0.935. The fraction of sp³-hybridized carbons (Fsp3) is 0.333. The maximum atomic E-state index is 11.5. The first-order valence-corrected chi connectivity index (χ1v) is 6.52. The number of hydrogen-bond acceptors (Lipinski definition) is 5. The van der Waals surface area contributed by atoms with Gasteiger partial charge in [-0.15, -0.1) is 0 Å². The zero-order valence-corrected chi connectivity index (χ0v) is 10.5. The zero-order chi connectivity index (χ0) is 12.5. The van der Waals surface area contributed by atoms with E-state index in [1.807, 2.05) is 6.07 Å². The lowest BCUT2D eigenvalue weighted by Crippen LogP contribution is -2.30.